The first-order valence-corrected chi connectivity index (χ1v) is 7.65. The van der Waals surface area contributed by atoms with E-state index in [1.54, 1.807) is 6.07 Å². The van der Waals surface area contributed by atoms with Crippen LogP contribution in [0.5, 0.6) is 5.75 Å². The van der Waals surface area contributed by atoms with Gasteiger partial charge < -0.3 is 15.8 Å². The Morgan fingerprint density at radius 3 is 2.48 bits per heavy atom. The third kappa shape index (κ3) is 3.77. The second-order valence-corrected chi connectivity index (χ2v) is 6.73. The summed E-state index contributed by atoms with van der Waals surface area (Å²) in [6.45, 7) is 6.29. The molecule has 0 saturated heterocycles. The van der Waals surface area contributed by atoms with Crippen LogP contribution in [0.3, 0.4) is 0 Å². The normalized spacial score (nSPS) is 11.2. The number of nitrogens with two attached hydrogens (primary N) is 1. The molecule has 0 spiro atoms. The first-order valence-electron chi connectivity index (χ1n) is 7.28. The van der Waals surface area contributed by atoms with Crippen molar-refractivity contribution in [1.82, 2.24) is 0 Å². The largest absolute Gasteiger partial charge is 0.496 e. The highest BCUT2D eigenvalue weighted by molar-refractivity contribution is 6.33. The first kappa shape index (κ1) is 17.2. The molecule has 2 aromatic carbocycles. The average molecular weight is 333 g/mol. The number of rotatable bonds is 3. The van der Waals surface area contributed by atoms with Crippen molar-refractivity contribution < 1.29 is 9.53 Å². The molecule has 0 fully saturated rings. The highest BCUT2D eigenvalue weighted by Gasteiger charge is 2.20. The Balaban J connectivity index is 2.40. The van der Waals surface area contributed by atoms with Crippen LogP contribution in [0.1, 0.15) is 36.7 Å². The van der Waals surface area contributed by atoms with E-state index in [4.69, 9.17) is 22.1 Å². The summed E-state index contributed by atoms with van der Waals surface area (Å²) in [6.07, 6.45) is 0. The number of para-hydroxylation sites is 1. The molecule has 0 radical (unpaired) electrons. The molecule has 0 aliphatic rings. The smallest absolute Gasteiger partial charge is 0.259 e. The van der Waals surface area contributed by atoms with Crippen LogP contribution >= 0.6 is 11.6 Å². The molecule has 0 aliphatic heterocycles. The van der Waals surface area contributed by atoms with Gasteiger partial charge in [-0.3, -0.25) is 4.79 Å². The van der Waals surface area contributed by atoms with E-state index in [1.807, 2.05) is 24.3 Å². The molecule has 0 unspecified atom stereocenters. The quantitative estimate of drug-likeness (QED) is 0.814. The van der Waals surface area contributed by atoms with Crippen molar-refractivity contribution in [2.24, 2.45) is 0 Å². The Bertz CT molecular complexity index is 736. The van der Waals surface area contributed by atoms with E-state index in [0.29, 0.717) is 22.0 Å². The molecule has 0 atom stereocenters. The van der Waals surface area contributed by atoms with E-state index < -0.39 is 0 Å². The third-order valence-corrected chi connectivity index (χ3v) is 3.87. The second-order valence-electron chi connectivity index (χ2n) is 6.32. The van der Waals surface area contributed by atoms with Crippen LogP contribution in [-0.2, 0) is 5.41 Å². The predicted molar refractivity (Wildman–Crippen MR) is 95.5 cm³/mol. The molecule has 23 heavy (non-hydrogen) atoms. The van der Waals surface area contributed by atoms with Gasteiger partial charge in [-0.25, -0.2) is 0 Å². The van der Waals surface area contributed by atoms with E-state index in [0.717, 1.165) is 11.3 Å². The molecule has 3 N–H and O–H groups in total. The number of hydrogen-bond donors (Lipinski definition) is 2. The Kier molecular flexibility index (Phi) is 4.85. The molecule has 1 amide bonds. The molecule has 0 aromatic heterocycles. The minimum Gasteiger partial charge on any atom is -0.496 e. The van der Waals surface area contributed by atoms with Gasteiger partial charge in [-0.15, -0.1) is 0 Å². The number of benzene rings is 2. The van der Waals surface area contributed by atoms with Gasteiger partial charge in [0, 0.05) is 11.8 Å². The van der Waals surface area contributed by atoms with Crippen molar-refractivity contribution in [3.05, 3.63) is 52.5 Å². The summed E-state index contributed by atoms with van der Waals surface area (Å²) >= 11 is 6.03. The van der Waals surface area contributed by atoms with Crippen molar-refractivity contribution in [1.29, 1.82) is 0 Å². The number of amides is 1. The number of carbonyl (C=O) groups excluding carboxylic acids is 1. The van der Waals surface area contributed by atoms with E-state index in [-0.39, 0.29) is 11.3 Å². The van der Waals surface area contributed by atoms with Crippen molar-refractivity contribution in [2.75, 3.05) is 18.2 Å². The van der Waals surface area contributed by atoms with Crippen molar-refractivity contribution in [3.8, 4) is 5.75 Å². The lowest BCUT2D eigenvalue weighted by Gasteiger charge is -2.23. The number of carbonyl (C=O) groups is 1. The minimum atomic E-state index is -0.291. The fraction of sp³-hybridized carbons (Fsp3) is 0.278. The Morgan fingerprint density at radius 2 is 1.87 bits per heavy atom. The molecule has 0 heterocycles. The Labute approximate surface area is 141 Å². The summed E-state index contributed by atoms with van der Waals surface area (Å²) in [4.78, 5) is 12.6. The summed E-state index contributed by atoms with van der Waals surface area (Å²) in [7, 11) is 1.49. The summed E-state index contributed by atoms with van der Waals surface area (Å²) in [5.74, 6) is 0.0955. The van der Waals surface area contributed by atoms with E-state index in [9.17, 15) is 4.79 Å². The fourth-order valence-corrected chi connectivity index (χ4v) is 2.51. The monoisotopic (exact) mass is 332 g/mol. The number of nitrogen functional groups attached to an aromatic ring is 1. The number of anilines is 2. The number of nitrogens with one attached hydrogen (secondary N) is 1. The maximum absolute atomic E-state index is 12.6. The minimum absolute atomic E-state index is 0.0906. The second kappa shape index (κ2) is 6.50. The van der Waals surface area contributed by atoms with Gasteiger partial charge in [0.15, 0.2) is 0 Å². The SMILES string of the molecule is COc1cc(N)c(Cl)cc1C(=O)Nc1ccccc1C(C)(C)C. The number of hydrogen-bond acceptors (Lipinski definition) is 3. The van der Waals surface area contributed by atoms with Crippen molar-refractivity contribution in [3.63, 3.8) is 0 Å². The van der Waals surface area contributed by atoms with Gasteiger partial charge in [-0.1, -0.05) is 50.6 Å². The van der Waals surface area contributed by atoms with Crippen LogP contribution in [-0.4, -0.2) is 13.0 Å². The van der Waals surface area contributed by atoms with Gasteiger partial charge in [-0.2, -0.15) is 0 Å². The number of ether oxygens (including phenoxy) is 1. The molecule has 122 valence electrons. The Hall–Kier alpha value is -2.20. The van der Waals surface area contributed by atoms with Crippen LogP contribution in [0, 0.1) is 0 Å². The zero-order chi connectivity index (χ0) is 17.2. The molecule has 0 saturated carbocycles. The molecule has 2 rings (SSSR count). The lowest BCUT2D eigenvalue weighted by Crippen LogP contribution is -2.19. The predicted octanol–water partition coefficient (Wildman–Crippen LogP) is 4.48. The highest BCUT2D eigenvalue weighted by Crippen LogP contribution is 2.32. The molecule has 2 aromatic rings. The summed E-state index contributed by atoms with van der Waals surface area (Å²) in [5.41, 5.74) is 8.19. The maximum Gasteiger partial charge on any atom is 0.259 e. The number of halogens is 1. The summed E-state index contributed by atoms with van der Waals surface area (Å²) in [6, 6.07) is 10.8. The van der Waals surface area contributed by atoms with E-state index >= 15 is 0 Å². The zero-order valence-electron chi connectivity index (χ0n) is 13.7. The molecular weight excluding hydrogens is 312 g/mol. The van der Waals surface area contributed by atoms with Gasteiger partial charge in [-0.05, 0) is 23.1 Å². The maximum atomic E-state index is 12.6. The molecular formula is C18H21ClN2O2. The van der Waals surface area contributed by atoms with E-state index in [1.165, 1.54) is 13.2 Å². The molecule has 0 bridgehead atoms. The van der Waals surface area contributed by atoms with Crippen LogP contribution < -0.4 is 15.8 Å². The third-order valence-electron chi connectivity index (χ3n) is 3.55. The summed E-state index contributed by atoms with van der Waals surface area (Å²) in [5, 5.41) is 3.26. The van der Waals surface area contributed by atoms with Crippen LogP contribution in [0.4, 0.5) is 11.4 Å². The Morgan fingerprint density at radius 1 is 1.22 bits per heavy atom. The van der Waals surface area contributed by atoms with E-state index in [2.05, 4.69) is 26.1 Å². The fourth-order valence-electron chi connectivity index (χ4n) is 2.35. The average Bonchev–Trinajstić information content (AvgIpc) is 2.49. The van der Waals surface area contributed by atoms with Crippen LogP contribution in [0.2, 0.25) is 5.02 Å². The molecule has 4 nitrogen and oxygen atoms in total. The standard InChI is InChI=1S/C18H21ClN2O2/c1-18(2,3)12-7-5-6-8-15(12)21-17(22)11-9-13(19)14(20)10-16(11)23-4/h5-10H,20H2,1-4H3,(H,21,22). The van der Waals surface area contributed by atoms with Crippen molar-refractivity contribution in [2.45, 2.75) is 26.2 Å². The van der Waals surface area contributed by atoms with Gasteiger partial charge in [0.2, 0.25) is 0 Å². The number of methoxy groups -OCH3 is 1. The zero-order valence-corrected chi connectivity index (χ0v) is 14.5. The van der Waals surface area contributed by atoms with Gasteiger partial charge in [0.1, 0.15) is 5.75 Å². The lowest BCUT2D eigenvalue weighted by molar-refractivity contribution is 0.102. The topological polar surface area (TPSA) is 64.3 Å². The molecule has 5 heteroatoms. The lowest BCUT2D eigenvalue weighted by atomic mass is 9.86. The van der Waals surface area contributed by atoms with Gasteiger partial charge >= 0.3 is 0 Å². The summed E-state index contributed by atoms with van der Waals surface area (Å²) < 4.78 is 5.24. The van der Waals surface area contributed by atoms with Gasteiger partial charge in [0.25, 0.3) is 5.91 Å². The van der Waals surface area contributed by atoms with Crippen LogP contribution in [0.15, 0.2) is 36.4 Å². The highest BCUT2D eigenvalue weighted by atomic mass is 35.5. The van der Waals surface area contributed by atoms with Gasteiger partial charge in [0.05, 0.1) is 23.4 Å². The molecule has 0 aliphatic carbocycles. The first-order chi connectivity index (χ1) is 10.7. The van der Waals surface area contributed by atoms with Crippen molar-refractivity contribution >= 4 is 28.9 Å². The van der Waals surface area contributed by atoms with Crippen LogP contribution in [0.25, 0.3) is 0 Å².